The van der Waals surface area contributed by atoms with Crippen LogP contribution >= 0.6 is 0 Å². The van der Waals surface area contributed by atoms with Crippen LogP contribution in [0.5, 0.6) is 0 Å². The third kappa shape index (κ3) is 7.60. The van der Waals surface area contributed by atoms with E-state index in [1.54, 1.807) is 0 Å². The fraction of sp³-hybridized carbons (Fsp3) is 1.00. The van der Waals surface area contributed by atoms with Gasteiger partial charge in [-0.05, 0) is 38.1 Å². The minimum atomic E-state index is -4.21. The Morgan fingerprint density at radius 3 is 2.12 bits per heavy atom. The molecular formula is C12H24F3NO. The van der Waals surface area contributed by atoms with Gasteiger partial charge in [0.15, 0.2) is 0 Å². The summed E-state index contributed by atoms with van der Waals surface area (Å²) in [6.07, 6.45) is -0.567. The largest absolute Gasteiger partial charge is 0.411 e. The number of hydrogen-bond donors (Lipinski definition) is 1. The lowest BCUT2D eigenvalue weighted by Gasteiger charge is -2.31. The number of alkyl halides is 3. The second-order valence-corrected chi connectivity index (χ2v) is 4.51. The average molecular weight is 255 g/mol. The monoisotopic (exact) mass is 255 g/mol. The van der Waals surface area contributed by atoms with Gasteiger partial charge < -0.3 is 10.1 Å². The van der Waals surface area contributed by atoms with Gasteiger partial charge in [-0.1, -0.05) is 13.8 Å². The second-order valence-electron chi connectivity index (χ2n) is 4.51. The molecule has 0 aromatic rings. The van der Waals surface area contributed by atoms with Crippen LogP contribution in [-0.4, -0.2) is 33.0 Å². The predicted octanol–water partition coefficient (Wildman–Crippen LogP) is 3.37. The first-order valence-corrected chi connectivity index (χ1v) is 6.18. The molecule has 0 fully saturated rings. The molecule has 0 rings (SSSR count). The van der Waals surface area contributed by atoms with Gasteiger partial charge >= 0.3 is 6.18 Å². The molecule has 0 radical (unpaired) electrons. The Kier molecular flexibility index (Phi) is 7.79. The van der Waals surface area contributed by atoms with Crippen molar-refractivity contribution in [2.75, 3.05) is 26.8 Å². The fourth-order valence-electron chi connectivity index (χ4n) is 2.05. The van der Waals surface area contributed by atoms with Crippen LogP contribution in [0.2, 0.25) is 0 Å². The standard InChI is InChI=1S/C12H24F3NO/c1-4-11(5-2,9-16-3)7-6-8-17-10-12(13,14)15/h16H,4-10H2,1-3H3. The Hall–Kier alpha value is -0.290. The molecule has 2 nitrogen and oxygen atoms in total. The first kappa shape index (κ1) is 16.7. The lowest BCUT2D eigenvalue weighted by Crippen LogP contribution is -2.32. The van der Waals surface area contributed by atoms with Crippen LogP contribution in [0.25, 0.3) is 0 Å². The van der Waals surface area contributed by atoms with E-state index in [-0.39, 0.29) is 12.0 Å². The summed E-state index contributed by atoms with van der Waals surface area (Å²) in [5, 5.41) is 3.15. The van der Waals surface area contributed by atoms with Gasteiger partial charge in [-0.2, -0.15) is 13.2 Å². The minimum absolute atomic E-state index is 0.185. The van der Waals surface area contributed by atoms with Crippen LogP contribution in [-0.2, 0) is 4.74 Å². The van der Waals surface area contributed by atoms with E-state index in [1.165, 1.54) is 0 Å². The number of ether oxygens (including phenoxy) is 1. The molecule has 0 spiro atoms. The van der Waals surface area contributed by atoms with Gasteiger partial charge in [-0.25, -0.2) is 0 Å². The molecule has 17 heavy (non-hydrogen) atoms. The van der Waals surface area contributed by atoms with Crippen LogP contribution in [0, 0.1) is 5.41 Å². The summed E-state index contributed by atoms with van der Waals surface area (Å²) < 4.78 is 40.1. The lowest BCUT2D eigenvalue weighted by molar-refractivity contribution is -0.174. The van der Waals surface area contributed by atoms with E-state index in [1.807, 2.05) is 7.05 Å². The number of halogens is 3. The Morgan fingerprint density at radius 2 is 1.71 bits per heavy atom. The highest BCUT2D eigenvalue weighted by atomic mass is 19.4. The van der Waals surface area contributed by atoms with E-state index in [9.17, 15) is 13.2 Å². The maximum atomic E-state index is 11.8. The zero-order valence-electron chi connectivity index (χ0n) is 11.0. The molecule has 104 valence electrons. The minimum Gasteiger partial charge on any atom is -0.372 e. The van der Waals surface area contributed by atoms with Crippen LogP contribution in [0.15, 0.2) is 0 Å². The van der Waals surface area contributed by atoms with Crippen molar-refractivity contribution in [3.05, 3.63) is 0 Å². The summed E-state index contributed by atoms with van der Waals surface area (Å²) in [6, 6.07) is 0. The van der Waals surface area contributed by atoms with Crippen molar-refractivity contribution in [1.29, 1.82) is 0 Å². The third-order valence-corrected chi connectivity index (χ3v) is 3.31. The summed E-state index contributed by atoms with van der Waals surface area (Å²) >= 11 is 0. The Labute approximate surface area is 102 Å². The van der Waals surface area contributed by atoms with E-state index in [0.29, 0.717) is 6.42 Å². The zero-order valence-corrected chi connectivity index (χ0v) is 11.0. The molecule has 0 atom stereocenters. The third-order valence-electron chi connectivity index (χ3n) is 3.31. The Balaban J connectivity index is 3.83. The van der Waals surface area contributed by atoms with E-state index >= 15 is 0 Å². The fourth-order valence-corrected chi connectivity index (χ4v) is 2.05. The molecule has 0 saturated heterocycles. The molecule has 0 aromatic carbocycles. The van der Waals surface area contributed by atoms with Gasteiger partial charge in [-0.3, -0.25) is 0 Å². The van der Waals surface area contributed by atoms with Gasteiger partial charge in [0.25, 0.3) is 0 Å². The molecule has 0 heterocycles. The molecule has 0 bridgehead atoms. The molecule has 0 saturated carbocycles. The summed E-state index contributed by atoms with van der Waals surface area (Å²) in [5.74, 6) is 0. The second kappa shape index (κ2) is 7.93. The van der Waals surface area contributed by atoms with Crippen LogP contribution < -0.4 is 5.32 Å². The molecule has 0 aromatic heterocycles. The van der Waals surface area contributed by atoms with Gasteiger partial charge in [0.05, 0.1) is 0 Å². The van der Waals surface area contributed by atoms with Gasteiger partial charge in [0.1, 0.15) is 6.61 Å². The van der Waals surface area contributed by atoms with Crippen molar-refractivity contribution >= 4 is 0 Å². The molecule has 0 amide bonds. The summed E-state index contributed by atoms with van der Waals surface area (Å²) in [6.45, 7) is 4.20. The normalized spacial score (nSPS) is 13.1. The summed E-state index contributed by atoms with van der Waals surface area (Å²) in [4.78, 5) is 0. The number of hydrogen-bond acceptors (Lipinski definition) is 2. The Morgan fingerprint density at radius 1 is 1.12 bits per heavy atom. The first-order chi connectivity index (χ1) is 7.89. The van der Waals surface area contributed by atoms with Crippen LogP contribution in [0.4, 0.5) is 13.2 Å². The van der Waals surface area contributed by atoms with Crippen molar-refractivity contribution in [2.45, 2.75) is 45.7 Å². The van der Waals surface area contributed by atoms with Gasteiger partial charge in [0.2, 0.25) is 0 Å². The van der Waals surface area contributed by atoms with Crippen LogP contribution in [0.3, 0.4) is 0 Å². The summed E-state index contributed by atoms with van der Waals surface area (Å²) in [7, 11) is 1.90. The summed E-state index contributed by atoms with van der Waals surface area (Å²) in [5.41, 5.74) is 0.191. The SMILES string of the molecule is CCC(CC)(CCCOCC(F)(F)F)CNC. The smallest absolute Gasteiger partial charge is 0.372 e. The highest BCUT2D eigenvalue weighted by Crippen LogP contribution is 2.31. The van der Waals surface area contributed by atoms with E-state index in [2.05, 4.69) is 23.9 Å². The molecule has 0 aliphatic rings. The lowest BCUT2D eigenvalue weighted by atomic mass is 9.78. The highest BCUT2D eigenvalue weighted by molar-refractivity contribution is 4.78. The number of nitrogens with one attached hydrogen (secondary N) is 1. The molecule has 5 heteroatoms. The van der Waals surface area contributed by atoms with Crippen molar-refractivity contribution in [1.82, 2.24) is 5.32 Å². The molecule has 0 aliphatic heterocycles. The maximum absolute atomic E-state index is 11.8. The molecule has 0 unspecified atom stereocenters. The van der Waals surface area contributed by atoms with E-state index < -0.39 is 12.8 Å². The van der Waals surface area contributed by atoms with Crippen LogP contribution in [0.1, 0.15) is 39.5 Å². The molecule has 0 aliphatic carbocycles. The van der Waals surface area contributed by atoms with Crippen molar-refractivity contribution in [3.63, 3.8) is 0 Å². The maximum Gasteiger partial charge on any atom is 0.411 e. The van der Waals surface area contributed by atoms with Crippen molar-refractivity contribution < 1.29 is 17.9 Å². The van der Waals surface area contributed by atoms with Gasteiger partial charge in [0, 0.05) is 13.2 Å². The van der Waals surface area contributed by atoms with E-state index in [0.717, 1.165) is 25.8 Å². The zero-order chi connectivity index (χ0) is 13.4. The predicted molar refractivity (Wildman–Crippen MR) is 63.0 cm³/mol. The highest BCUT2D eigenvalue weighted by Gasteiger charge is 2.28. The average Bonchev–Trinajstić information content (AvgIpc) is 2.26. The quantitative estimate of drug-likeness (QED) is 0.638. The Bertz CT molecular complexity index is 191. The topological polar surface area (TPSA) is 21.3 Å². The number of rotatable bonds is 9. The van der Waals surface area contributed by atoms with E-state index in [4.69, 9.17) is 0 Å². The first-order valence-electron chi connectivity index (χ1n) is 6.18. The van der Waals surface area contributed by atoms with Crippen molar-refractivity contribution in [3.8, 4) is 0 Å². The molecular weight excluding hydrogens is 231 g/mol. The van der Waals surface area contributed by atoms with Crippen molar-refractivity contribution in [2.24, 2.45) is 5.41 Å². The van der Waals surface area contributed by atoms with Gasteiger partial charge in [-0.15, -0.1) is 0 Å². The molecule has 1 N–H and O–H groups in total.